The van der Waals surface area contributed by atoms with Gasteiger partial charge in [0, 0.05) is 23.0 Å². The van der Waals surface area contributed by atoms with Gasteiger partial charge in [-0.2, -0.15) is 0 Å². The van der Waals surface area contributed by atoms with Crippen molar-refractivity contribution >= 4 is 46.4 Å². The summed E-state index contributed by atoms with van der Waals surface area (Å²) in [6.45, 7) is 0. The van der Waals surface area contributed by atoms with Crippen molar-refractivity contribution in [1.82, 2.24) is 0 Å². The Morgan fingerprint density at radius 1 is 0.763 bits per heavy atom. The van der Waals surface area contributed by atoms with E-state index in [-0.39, 0.29) is 22.0 Å². The topological polar surface area (TPSA) is 108 Å². The molecule has 1 heterocycles. The van der Waals surface area contributed by atoms with Crippen LogP contribution in [0.4, 0.5) is 17.1 Å². The summed E-state index contributed by atoms with van der Waals surface area (Å²) >= 11 is 6.26. The van der Waals surface area contributed by atoms with Crippen LogP contribution in [-0.4, -0.2) is 22.8 Å². The number of carbonyl (C=O) groups excluding carboxylic acids is 3. The van der Waals surface area contributed by atoms with Crippen LogP contribution >= 0.6 is 11.6 Å². The molecule has 0 bridgehead atoms. The number of halogens is 1. The summed E-state index contributed by atoms with van der Waals surface area (Å²) in [4.78, 5) is 39.7. The summed E-state index contributed by atoms with van der Waals surface area (Å²) in [5, 5.41) is 14.9. The lowest BCUT2D eigenvalue weighted by atomic mass is 10.1. The maximum Gasteiger partial charge on any atom is 0.283 e. The number of rotatable bonds is 7. The van der Waals surface area contributed by atoms with Gasteiger partial charge in [-0.25, -0.2) is 4.90 Å². The van der Waals surface area contributed by atoms with Crippen LogP contribution in [0.25, 0.3) is 0 Å². The summed E-state index contributed by atoms with van der Waals surface area (Å²) < 4.78 is 5.76. The Bertz CT molecular complexity index is 1570. The molecule has 0 spiro atoms. The molecule has 38 heavy (non-hydrogen) atoms. The number of aromatic hydroxyl groups is 1. The van der Waals surface area contributed by atoms with E-state index >= 15 is 0 Å². The van der Waals surface area contributed by atoms with Gasteiger partial charge in [-0.05, 0) is 66.7 Å². The lowest BCUT2D eigenvalue weighted by Crippen LogP contribution is -2.32. The maximum absolute atomic E-state index is 13.2. The SMILES string of the molecule is O=C(Nc1cccc(O)c1)c1cccc(NC2=C(Cl)C(=O)N(c3ccc(Oc4ccccc4)cc3)C2=O)c1. The van der Waals surface area contributed by atoms with Crippen molar-refractivity contribution in [1.29, 1.82) is 0 Å². The van der Waals surface area contributed by atoms with Crippen LogP contribution in [0.1, 0.15) is 10.4 Å². The smallest absolute Gasteiger partial charge is 0.283 e. The van der Waals surface area contributed by atoms with Gasteiger partial charge in [0.05, 0.1) is 5.69 Å². The lowest BCUT2D eigenvalue weighted by molar-refractivity contribution is -0.120. The molecule has 0 aliphatic carbocycles. The first-order valence-corrected chi connectivity index (χ1v) is 11.9. The normalized spacial score (nSPS) is 13.0. The molecule has 3 N–H and O–H groups in total. The molecule has 0 atom stereocenters. The molecule has 1 aliphatic rings. The van der Waals surface area contributed by atoms with Crippen molar-refractivity contribution in [2.24, 2.45) is 0 Å². The number of ether oxygens (including phenoxy) is 1. The third kappa shape index (κ3) is 5.21. The summed E-state index contributed by atoms with van der Waals surface area (Å²) in [6, 6.07) is 28.2. The van der Waals surface area contributed by atoms with E-state index < -0.39 is 17.7 Å². The van der Waals surface area contributed by atoms with Crippen molar-refractivity contribution in [2.45, 2.75) is 0 Å². The summed E-state index contributed by atoms with van der Waals surface area (Å²) in [6.07, 6.45) is 0. The number of phenols is 1. The zero-order chi connectivity index (χ0) is 26.6. The van der Waals surface area contributed by atoms with Crippen molar-refractivity contribution in [3.05, 3.63) is 119 Å². The molecule has 9 heteroatoms. The van der Waals surface area contributed by atoms with Crippen LogP contribution < -0.4 is 20.3 Å². The van der Waals surface area contributed by atoms with Crippen LogP contribution in [0.3, 0.4) is 0 Å². The van der Waals surface area contributed by atoms with E-state index in [9.17, 15) is 19.5 Å². The first-order valence-electron chi connectivity index (χ1n) is 11.5. The zero-order valence-electron chi connectivity index (χ0n) is 19.7. The van der Waals surface area contributed by atoms with Crippen LogP contribution in [0.2, 0.25) is 0 Å². The maximum atomic E-state index is 13.2. The molecule has 4 aromatic rings. The molecular weight excluding hydrogens is 506 g/mol. The molecule has 0 radical (unpaired) electrons. The Morgan fingerprint density at radius 3 is 2.18 bits per heavy atom. The zero-order valence-corrected chi connectivity index (χ0v) is 20.5. The first-order chi connectivity index (χ1) is 18.4. The summed E-state index contributed by atoms with van der Waals surface area (Å²) in [7, 11) is 0. The average Bonchev–Trinajstić information content (AvgIpc) is 3.13. The van der Waals surface area contributed by atoms with E-state index in [2.05, 4.69) is 10.6 Å². The second kappa shape index (κ2) is 10.5. The van der Waals surface area contributed by atoms with E-state index in [1.807, 2.05) is 30.3 Å². The van der Waals surface area contributed by atoms with Gasteiger partial charge in [0.15, 0.2) is 0 Å². The van der Waals surface area contributed by atoms with Crippen molar-refractivity contribution in [3.8, 4) is 17.2 Å². The number of amides is 3. The highest BCUT2D eigenvalue weighted by atomic mass is 35.5. The van der Waals surface area contributed by atoms with Crippen LogP contribution in [-0.2, 0) is 9.59 Å². The minimum absolute atomic E-state index is 0.0205. The number of nitrogens with zero attached hydrogens (tertiary/aromatic N) is 1. The number of phenolic OH excluding ortho intramolecular Hbond substituents is 1. The van der Waals surface area contributed by atoms with Crippen LogP contribution in [0.15, 0.2) is 114 Å². The van der Waals surface area contributed by atoms with Gasteiger partial charge >= 0.3 is 0 Å². The number of carbonyl (C=O) groups is 3. The highest BCUT2D eigenvalue weighted by molar-refractivity contribution is 6.53. The van der Waals surface area contributed by atoms with E-state index in [1.54, 1.807) is 54.6 Å². The minimum atomic E-state index is -0.673. The molecule has 0 fully saturated rings. The number of imide groups is 1. The second-order valence-electron chi connectivity index (χ2n) is 8.25. The molecule has 0 saturated heterocycles. The number of hydrogen-bond acceptors (Lipinski definition) is 6. The van der Waals surface area contributed by atoms with Gasteiger partial charge in [-0.1, -0.05) is 41.9 Å². The summed E-state index contributed by atoms with van der Waals surface area (Å²) in [5.74, 6) is -0.514. The second-order valence-corrected chi connectivity index (χ2v) is 8.63. The molecule has 1 aliphatic heterocycles. The molecule has 0 aromatic heterocycles. The number of para-hydroxylation sites is 1. The van der Waals surface area contributed by atoms with E-state index in [1.165, 1.54) is 18.2 Å². The van der Waals surface area contributed by atoms with Crippen molar-refractivity contribution in [3.63, 3.8) is 0 Å². The largest absolute Gasteiger partial charge is 0.508 e. The third-order valence-electron chi connectivity index (χ3n) is 5.60. The molecule has 3 amide bonds. The summed E-state index contributed by atoms with van der Waals surface area (Å²) in [5.41, 5.74) is 1.32. The number of benzene rings is 4. The molecule has 0 unspecified atom stereocenters. The Hall–Kier alpha value is -5.08. The van der Waals surface area contributed by atoms with Gasteiger partial charge < -0.3 is 20.5 Å². The Labute approximate surface area is 222 Å². The molecular formula is C29H20ClN3O5. The predicted molar refractivity (Wildman–Crippen MR) is 144 cm³/mol. The fourth-order valence-corrected chi connectivity index (χ4v) is 4.02. The van der Waals surface area contributed by atoms with Crippen LogP contribution in [0, 0.1) is 0 Å². The Morgan fingerprint density at radius 2 is 1.45 bits per heavy atom. The molecule has 4 aromatic carbocycles. The van der Waals surface area contributed by atoms with E-state index in [4.69, 9.17) is 16.3 Å². The fourth-order valence-electron chi connectivity index (χ4n) is 3.80. The van der Waals surface area contributed by atoms with Gasteiger partial charge in [-0.15, -0.1) is 0 Å². The quantitative estimate of drug-likeness (QED) is 0.260. The first kappa shape index (κ1) is 24.6. The number of hydrogen-bond donors (Lipinski definition) is 3. The third-order valence-corrected chi connectivity index (χ3v) is 5.95. The predicted octanol–water partition coefficient (Wildman–Crippen LogP) is 5.87. The van der Waals surface area contributed by atoms with Crippen LogP contribution in [0.5, 0.6) is 17.2 Å². The van der Waals surface area contributed by atoms with E-state index in [0.29, 0.717) is 28.6 Å². The minimum Gasteiger partial charge on any atom is -0.508 e. The van der Waals surface area contributed by atoms with Crippen molar-refractivity contribution < 1.29 is 24.2 Å². The van der Waals surface area contributed by atoms with Gasteiger partial charge in [0.2, 0.25) is 0 Å². The standard InChI is InChI=1S/C29H20ClN3O5/c30-25-26(31-19-7-4-6-18(16-19)27(35)32-20-8-5-9-22(34)17-20)29(37)33(28(25)36)21-12-14-24(15-13-21)38-23-10-2-1-3-11-23/h1-17,31,34H,(H,32,35). The highest BCUT2D eigenvalue weighted by Crippen LogP contribution is 2.32. The molecule has 188 valence electrons. The van der Waals surface area contributed by atoms with Gasteiger partial charge in [0.1, 0.15) is 28.0 Å². The Kier molecular flexibility index (Phi) is 6.80. The van der Waals surface area contributed by atoms with Gasteiger partial charge in [0.25, 0.3) is 17.7 Å². The Balaban J connectivity index is 1.30. The fraction of sp³-hybridized carbons (Fsp3) is 0. The molecule has 0 saturated carbocycles. The highest BCUT2D eigenvalue weighted by Gasteiger charge is 2.39. The van der Waals surface area contributed by atoms with Gasteiger partial charge in [-0.3, -0.25) is 14.4 Å². The number of anilines is 3. The average molecular weight is 526 g/mol. The van der Waals surface area contributed by atoms with E-state index in [0.717, 1.165) is 4.90 Å². The van der Waals surface area contributed by atoms with Crippen molar-refractivity contribution in [2.75, 3.05) is 15.5 Å². The monoisotopic (exact) mass is 525 g/mol. The molecule has 5 rings (SSSR count). The molecule has 8 nitrogen and oxygen atoms in total. The lowest BCUT2D eigenvalue weighted by Gasteiger charge is -2.16. The number of nitrogens with one attached hydrogen (secondary N) is 2.